The highest BCUT2D eigenvalue weighted by atomic mass is 31.2. The molecule has 0 spiro atoms. The van der Waals surface area contributed by atoms with E-state index in [1.165, 1.54) is 0 Å². The third kappa shape index (κ3) is 4.35. The Morgan fingerprint density at radius 2 is 1.24 bits per heavy atom. The Kier molecular flexibility index (Phi) is 7.22. The van der Waals surface area contributed by atoms with Gasteiger partial charge in [0, 0.05) is 18.0 Å². The summed E-state index contributed by atoms with van der Waals surface area (Å²) < 4.78 is 1.80. The van der Waals surface area contributed by atoms with E-state index < -0.39 is 6.89 Å². The Morgan fingerprint density at radius 1 is 0.757 bits per heavy atom. The Morgan fingerprint density at radius 3 is 1.73 bits per heavy atom. The van der Waals surface area contributed by atoms with Crippen LogP contribution in [0.1, 0.15) is 30.3 Å². The molecule has 0 aliphatic carbocycles. The molecule has 0 amide bonds. The van der Waals surface area contributed by atoms with Crippen molar-refractivity contribution >= 4 is 44.9 Å². The fraction of sp³-hybridized carbons (Fsp3) is 0.121. The van der Waals surface area contributed by atoms with E-state index in [-0.39, 0.29) is 11.2 Å². The van der Waals surface area contributed by atoms with Crippen LogP contribution in [0.25, 0.3) is 10.9 Å². The number of para-hydroxylation sites is 1. The number of nitrogens with zero attached hydrogens (tertiary/aromatic N) is 2. The van der Waals surface area contributed by atoms with Gasteiger partial charge in [-0.25, -0.2) is 0 Å². The smallest absolute Gasteiger partial charge is 0.274 e. The first-order valence-corrected chi connectivity index (χ1v) is 14.5. The summed E-state index contributed by atoms with van der Waals surface area (Å²) in [5.41, 5.74) is 1.80. The predicted octanol–water partition coefficient (Wildman–Crippen LogP) is 6.31. The zero-order valence-corrected chi connectivity index (χ0v) is 21.8. The van der Waals surface area contributed by atoms with Gasteiger partial charge < -0.3 is 0 Å². The van der Waals surface area contributed by atoms with Crippen molar-refractivity contribution in [3.05, 3.63) is 127 Å². The molecule has 0 fully saturated rings. The Bertz CT molecular complexity index is 1520. The summed E-state index contributed by atoms with van der Waals surface area (Å²) in [7, 11) is 0. The number of aryl methyl sites for hydroxylation is 1. The molecule has 5 rings (SSSR count). The lowest BCUT2D eigenvalue weighted by atomic mass is 10.2. The van der Waals surface area contributed by atoms with Gasteiger partial charge >= 0.3 is 0 Å². The summed E-state index contributed by atoms with van der Waals surface area (Å²) >= 11 is 0. The molecule has 37 heavy (non-hydrogen) atoms. The predicted molar refractivity (Wildman–Crippen MR) is 157 cm³/mol. The van der Waals surface area contributed by atoms with Crippen LogP contribution in [0.4, 0.5) is 0 Å². The monoisotopic (exact) mass is 500 g/mol. The molecule has 0 atom stereocenters. The first kappa shape index (κ1) is 24.6. The van der Waals surface area contributed by atoms with Crippen molar-refractivity contribution < 1.29 is 4.79 Å². The maximum absolute atomic E-state index is 14.7. The van der Waals surface area contributed by atoms with Gasteiger partial charge in [0.05, 0.1) is 5.52 Å². The fourth-order valence-corrected chi connectivity index (χ4v) is 9.22. The topological polar surface area (TPSA) is 45.8 Å². The summed E-state index contributed by atoms with van der Waals surface area (Å²) in [6, 6.07) is 42.8. The highest BCUT2D eigenvalue weighted by molar-refractivity contribution is 7.96. The molecule has 0 saturated heterocycles. The zero-order chi connectivity index (χ0) is 25.7. The van der Waals surface area contributed by atoms with E-state index >= 15 is 0 Å². The number of nitriles is 1. The number of benzene rings is 4. The van der Waals surface area contributed by atoms with E-state index in [1.54, 1.807) is 4.57 Å². The second-order valence-corrected chi connectivity index (χ2v) is 12.4. The number of unbranched alkanes of at least 4 members (excludes halogenated alkanes) is 1. The van der Waals surface area contributed by atoms with Crippen molar-refractivity contribution in [3.8, 4) is 6.07 Å². The highest BCUT2D eigenvalue weighted by Crippen LogP contribution is 2.46. The molecule has 0 aliphatic rings. The van der Waals surface area contributed by atoms with Crippen LogP contribution in [-0.4, -0.2) is 15.8 Å². The second-order valence-electron chi connectivity index (χ2n) is 9.08. The number of fused-ring (bicyclic) bond motifs is 1. The molecule has 0 aliphatic heterocycles. The van der Waals surface area contributed by atoms with Crippen LogP contribution >= 0.6 is 6.89 Å². The van der Waals surface area contributed by atoms with Gasteiger partial charge in [-0.05, 0) is 40.9 Å². The maximum atomic E-state index is 14.7. The van der Waals surface area contributed by atoms with Gasteiger partial charge in [0.1, 0.15) is 11.4 Å². The lowest BCUT2D eigenvalue weighted by Crippen LogP contribution is -2.35. The van der Waals surface area contributed by atoms with Crippen molar-refractivity contribution in [1.82, 2.24) is 4.57 Å². The van der Waals surface area contributed by atoms with E-state index in [9.17, 15) is 10.1 Å². The molecule has 1 heterocycles. The molecule has 3 nitrogen and oxygen atoms in total. The standard InChI is InChI=1S/C33H29N2OP/c1-2-3-16-27-24-26-15-13-14-23-31(26)35(27)33(36)32(25-34)37(28-17-7-4-8-18-28,29-19-9-5-10-20-29)30-21-11-6-12-22-30/h4-15,17-24H,2-3,16H2,1H3. The number of carbonyl (C=O) groups excluding carboxylic acids is 1. The Labute approximate surface area is 218 Å². The van der Waals surface area contributed by atoms with Crippen molar-refractivity contribution in [2.75, 3.05) is 0 Å². The minimum absolute atomic E-state index is 0.236. The minimum Gasteiger partial charge on any atom is -0.279 e. The van der Waals surface area contributed by atoms with E-state index in [0.29, 0.717) is 0 Å². The fourth-order valence-electron chi connectivity index (χ4n) is 5.16. The van der Waals surface area contributed by atoms with Crippen LogP contribution in [0, 0.1) is 11.3 Å². The van der Waals surface area contributed by atoms with Gasteiger partial charge in [0.15, 0.2) is 0 Å². The number of aromatic nitrogens is 1. The molecule has 5 aromatic rings. The van der Waals surface area contributed by atoms with Crippen LogP contribution in [0.2, 0.25) is 0 Å². The third-order valence-electron chi connectivity index (χ3n) is 6.85. The molecular weight excluding hydrogens is 471 g/mol. The summed E-state index contributed by atoms with van der Waals surface area (Å²) in [6.07, 6.45) is 2.78. The quantitative estimate of drug-likeness (QED) is 0.246. The van der Waals surface area contributed by atoms with Gasteiger partial charge in [-0.15, -0.1) is 0 Å². The van der Waals surface area contributed by atoms with Gasteiger partial charge in [-0.1, -0.05) is 123 Å². The molecule has 182 valence electrons. The summed E-state index contributed by atoms with van der Waals surface area (Å²) in [5, 5.41) is 15.1. The molecule has 0 saturated carbocycles. The van der Waals surface area contributed by atoms with Gasteiger partial charge in [-0.3, -0.25) is 9.36 Å². The lowest BCUT2D eigenvalue weighted by molar-refractivity contribution is 0.0996. The molecule has 0 N–H and O–H groups in total. The summed E-state index contributed by atoms with van der Waals surface area (Å²) in [6.45, 7) is -0.648. The van der Waals surface area contributed by atoms with Crippen molar-refractivity contribution in [2.24, 2.45) is 0 Å². The van der Waals surface area contributed by atoms with E-state index in [1.807, 2.05) is 78.9 Å². The highest BCUT2D eigenvalue weighted by Gasteiger charge is 2.34. The molecule has 4 heteroatoms. The number of hydrogen-bond acceptors (Lipinski definition) is 2. The SMILES string of the molecule is CCCCc1cc2ccccc2n1C(=O)C(C#N)=P(c1ccccc1)(c1ccccc1)c1ccccc1. The largest absolute Gasteiger partial charge is 0.279 e. The zero-order valence-electron chi connectivity index (χ0n) is 20.9. The lowest BCUT2D eigenvalue weighted by Gasteiger charge is -2.30. The van der Waals surface area contributed by atoms with Crippen LogP contribution in [-0.2, 0) is 6.42 Å². The normalized spacial score (nSPS) is 11.2. The Balaban J connectivity index is 1.94. The van der Waals surface area contributed by atoms with Crippen molar-refractivity contribution in [1.29, 1.82) is 5.26 Å². The van der Waals surface area contributed by atoms with Crippen LogP contribution < -0.4 is 15.9 Å². The molecule has 0 unspecified atom stereocenters. The van der Waals surface area contributed by atoms with Crippen LogP contribution in [0.5, 0.6) is 0 Å². The number of rotatable bonds is 7. The van der Waals surface area contributed by atoms with Crippen LogP contribution in [0.3, 0.4) is 0 Å². The molecule has 4 aromatic carbocycles. The maximum Gasteiger partial charge on any atom is 0.274 e. The summed E-state index contributed by atoms with van der Waals surface area (Å²) in [4.78, 5) is 14.7. The molecule has 0 radical (unpaired) electrons. The first-order chi connectivity index (χ1) is 18.2. The molecular formula is C33H29N2OP. The van der Waals surface area contributed by atoms with Crippen molar-refractivity contribution in [3.63, 3.8) is 0 Å². The number of carbonyl (C=O) groups is 1. The van der Waals surface area contributed by atoms with E-state index in [0.717, 1.165) is 51.8 Å². The van der Waals surface area contributed by atoms with Gasteiger partial charge in [0.25, 0.3) is 5.91 Å². The average molecular weight is 501 g/mol. The van der Waals surface area contributed by atoms with Crippen LogP contribution in [0.15, 0.2) is 121 Å². The third-order valence-corrected chi connectivity index (χ3v) is 11.0. The Hall–Kier alpha value is -4.12. The molecule has 0 bridgehead atoms. The van der Waals surface area contributed by atoms with Gasteiger partial charge in [-0.2, -0.15) is 5.26 Å². The first-order valence-electron chi connectivity index (χ1n) is 12.7. The summed E-state index contributed by atoms with van der Waals surface area (Å²) in [5.74, 6) is -0.236. The van der Waals surface area contributed by atoms with Crippen molar-refractivity contribution in [2.45, 2.75) is 26.2 Å². The van der Waals surface area contributed by atoms with E-state index in [2.05, 4.69) is 55.5 Å². The van der Waals surface area contributed by atoms with Gasteiger partial charge in [0.2, 0.25) is 0 Å². The minimum atomic E-state index is -2.80. The molecule has 1 aromatic heterocycles. The average Bonchev–Trinajstić information content (AvgIpc) is 3.34. The second kappa shape index (κ2) is 10.9. The van der Waals surface area contributed by atoms with E-state index in [4.69, 9.17) is 0 Å². The number of hydrogen-bond donors (Lipinski definition) is 0.